The summed E-state index contributed by atoms with van der Waals surface area (Å²) in [5.41, 5.74) is 17.8. The van der Waals surface area contributed by atoms with Crippen molar-refractivity contribution < 1.29 is 50.7 Å². The van der Waals surface area contributed by atoms with E-state index < -0.39 is 0 Å². The molecule has 0 radical (unpaired) electrons. The fourth-order valence-corrected chi connectivity index (χ4v) is 5.64. The minimum atomic E-state index is 0. The predicted octanol–water partition coefficient (Wildman–Crippen LogP) is 1.24. The van der Waals surface area contributed by atoms with E-state index in [4.69, 9.17) is 0 Å². The molecule has 2 aliphatic rings. The Labute approximate surface area is 228 Å². The Morgan fingerprint density at radius 3 is 1.33 bits per heavy atom. The predicted molar refractivity (Wildman–Crippen MR) is 126 cm³/mol. The molecule has 0 spiro atoms. The Hall–Kier alpha value is -1.67. The summed E-state index contributed by atoms with van der Waals surface area (Å²) in [6.07, 6.45) is 4.40. The van der Waals surface area contributed by atoms with Crippen molar-refractivity contribution in [1.29, 1.82) is 0 Å². The Morgan fingerprint density at radius 1 is 0.515 bits per heavy atom. The third-order valence-electron chi connectivity index (χ3n) is 7.43. The van der Waals surface area contributed by atoms with Gasteiger partial charge >= 0.3 is 0 Å². The van der Waals surface area contributed by atoms with E-state index in [1.807, 2.05) is 0 Å². The Morgan fingerprint density at radius 2 is 0.909 bits per heavy atom. The second kappa shape index (κ2) is 10.3. The van der Waals surface area contributed by atoms with Crippen molar-refractivity contribution in [2.24, 2.45) is 0 Å². The topological polar surface area (TPSA) is 0 Å². The first-order valence-corrected chi connectivity index (χ1v) is 11.1. The maximum atomic E-state index is 2.37. The molecule has 166 valence electrons. The van der Waals surface area contributed by atoms with Gasteiger partial charge in [-0.2, -0.15) is 0 Å². The summed E-state index contributed by atoms with van der Waals surface area (Å²) in [7, 11) is 0. The number of halogens is 2. The zero-order valence-electron chi connectivity index (χ0n) is 19.0. The zero-order valence-corrected chi connectivity index (χ0v) is 24.1. The molecule has 4 aromatic rings. The smallest absolute Gasteiger partial charge is 0 e. The number of hydrogen-bond acceptors (Lipinski definition) is 0. The van der Waals surface area contributed by atoms with Crippen molar-refractivity contribution in [3.8, 4) is 22.3 Å². The minimum Gasteiger partial charge on any atom is -1.00 e. The van der Waals surface area contributed by atoms with Crippen molar-refractivity contribution in [3.63, 3.8) is 0 Å². The first kappa shape index (κ1) is 25.9. The quantitative estimate of drug-likeness (QED) is 0.257. The van der Waals surface area contributed by atoms with Crippen LogP contribution in [-0.4, -0.2) is 0 Å². The molecule has 0 nitrogen and oxygen atoms in total. The van der Waals surface area contributed by atoms with Crippen LogP contribution in [0.2, 0.25) is 0 Å². The summed E-state index contributed by atoms with van der Waals surface area (Å²) in [6, 6.07) is 27.2. The van der Waals surface area contributed by atoms with Crippen LogP contribution >= 0.6 is 0 Å². The second-order valence-electron chi connectivity index (χ2n) is 8.92. The molecule has 0 saturated heterocycles. The molecule has 0 fully saturated rings. The van der Waals surface area contributed by atoms with Crippen LogP contribution < -0.4 is 24.8 Å². The van der Waals surface area contributed by atoms with Crippen LogP contribution in [0.1, 0.15) is 44.5 Å². The first-order chi connectivity index (χ1) is 14.7. The van der Waals surface area contributed by atoms with E-state index in [2.05, 4.69) is 86.6 Å². The van der Waals surface area contributed by atoms with E-state index in [9.17, 15) is 0 Å². The van der Waals surface area contributed by atoms with Crippen LogP contribution in [0, 0.1) is 13.8 Å². The van der Waals surface area contributed by atoms with E-state index in [-0.39, 0.29) is 50.7 Å². The molecule has 0 aliphatic heterocycles. The number of fused-ring (bicyclic) bond motifs is 6. The molecule has 0 unspecified atom stereocenters. The number of aryl methyl sites for hydroxylation is 2. The van der Waals surface area contributed by atoms with Crippen LogP contribution in [0.3, 0.4) is 0 Å². The Bertz CT molecular complexity index is 1220. The van der Waals surface area contributed by atoms with Crippen molar-refractivity contribution in [2.45, 2.75) is 39.5 Å². The van der Waals surface area contributed by atoms with Crippen molar-refractivity contribution >= 4 is 0 Å². The molecule has 6 rings (SSSR count). The number of benzene rings is 4. The summed E-state index contributed by atoms with van der Waals surface area (Å²) in [5, 5.41) is 0. The summed E-state index contributed by atoms with van der Waals surface area (Å²) in [6.45, 7) is 4.65. The molecule has 33 heavy (non-hydrogen) atoms. The van der Waals surface area contributed by atoms with Crippen LogP contribution in [-0.2, 0) is 51.5 Å². The van der Waals surface area contributed by atoms with Gasteiger partial charge in [0.15, 0.2) is 0 Å². The van der Waals surface area contributed by atoms with E-state index in [1.54, 1.807) is 0 Å². The van der Waals surface area contributed by atoms with Crippen LogP contribution in [0.4, 0.5) is 0 Å². The second-order valence-corrected chi connectivity index (χ2v) is 8.92. The van der Waals surface area contributed by atoms with Gasteiger partial charge in [-0.15, -0.1) is 0 Å². The summed E-state index contributed by atoms with van der Waals surface area (Å²) in [4.78, 5) is 0. The van der Waals surface area contributed by atoms with Gasteiger partial charge in [0.05, 0.1) is 0 Å². The van der Waals surface area contributed by atoms with Gasteiger partial charge in [-0.05, 0) is 106 Å². The number of hydrogen-bond donors (Lipinski definition) is 0. The molecule has 3 heteroatoms. The van der Waals surface area contributed by atoms with Crippen LogP contribution in [0.25, 0.3) is 22.3 Å². The van der Waals surface area contributed by atoms with E-state index >= 15 is 0 Å². The fourth-order valence-electron chi connectivity index (χ4n) is 5.64. The maximum Gasteiger partial charge on any atom is 0 e. The van der Waals surface area contributed by atoms with Crippen molar-refractivity contribution in [1.82, 2.24) is 0 Å². The Kier molecular flexibility index (Phi) is 8.10. The molecule has 0 amide bonds. The molecule has 2 aliphatic carbocycles. The van der Waals surface area contributed by atoms with Crippen LogP contribution in [0.15, 0.2) is 72.8 Å². The van der Waals surface area contributed by atoms with E-state index in [1.165, 1.54) is 66.8 Å². The van der Waals surface area contributed by atoms with Gasteiger partial charge in [0.2, 0.25) is 0 Å². The first-order valence-electron chi connectivity index (χ1n) is 11.1. The van der Waals surface area contributed by atoms with Gasteiger partial charge in [-0.1, -0.05) is 72.8 Å². The SMILES string of the molecule is Cc1c(CCc2ccc3c(c2C)Cc2ccccc2-3)ccc2c1Cc1ccccc1-2.[Cl-].[Cl-].[Hf]. The molecule has 0 bridgehead atoms. The minimum absolute atomic E-state index is 0. The molecule has 0 N–H and O–H groups in total. The molecule has 0 heterocycles. The van der Waals surface area contributed by atoms with Crippen LogP contribution in [0.5, 0.6) is 0 Å². The van der Waals surface area contributed by atoms with E-state index in [0.29, 0.717) is 0 Å². The van der Waals surface area contributed by atoms with Crippen molar-refractivity contribution in [2.75, 3.05) is 0 Å². The molecular formula is C30H26Cl2Hf-2. The van der Waals surface area contributed by atoms with E-state index in [0.717, 1.165) is 25.7 Å². The largest absolute Gasteiger partial charge is 1.00 e. The molecule has 4 aromatic carbocycles. The summed E-state index contributed by atoms with van der Waals surface area (Å²) in [5.74, 6) is 0. The Balaban J connectivity index is 0.00000102. The third-order valence-corrected chi connectivity index (χ3v) is 7.43. The summed E-state index contributed by atoms with van der Waals surface area (Å²) >= 11 is 0. The fraction of sp³-hybridized carbons (Fsp3) is 0.200. The van der Waals surface area contributed by atoms with Gasteiger partial charge in [0, 0.05) is 25.8 Å². The van der Waals surface area contributed by atoms with Gasteiger partial charge in [0.1, 0.15) is 0 Å². The normalized spacial score (nSPS) is 11.8. The average Bonchev–Trinajstić information content (AvgIpc) is 3.34. The summed E-state index contributed by atoms with van der Waals surface area (Å²) < 4.78 is 0. The molecular weight excluding hydrogens is 610 g/mol. The zero-order chi connectivity index (χ0) is 20.2. The molecule has 0 atom stereocenters. The van der Waals surface area contributed by atoms with Gasteiger partial charge in [-0.3, -0.25) is 0 Å². The molecule has 0 saturated carbocycles. The van der Waals surface area contributed by atoms with Crippen molar-refractivity contribution in [3.05, 3.63) is 117 Å². The third kappa shape index (κ3) is 4.29. The number of rotatable bonds is 3. The monoisotopic (exact) mass is 636 g/mol. The molecule has 0 aromatic heterocycles. The van der Waals surface area contributed by atoms with Gasteiger partial charge in [-0.25, -0.2) is 0 Å². The average molecular weight is 636 g/mol. The maximum absolute atomic E-state index is 2.37. The standard InChI is InChI=1S/C30H26.2ClH.Hf/c1-19-21(13-15-27-25-9-5-3-7-23(25)17-29(19)27)11-12-22-14-16-28-26-10-6-4-8-24(26)18-30(28)20(22)2;;;/h3-10,13-16H,11-12,17-18H2,1-2H3;2*1H;/p-2. The van der Waals surface area contributed by atoms with Gasteiger partial charge in [0.25, 0.3) is 0 Å². The van der Waals surface area contributed by atoms with Gasteiger partial charge < -0.3 is 24.8 Å².